The van der Waals surface area contributed by atoms with Gasteiger partial charge in [0.15, 0.2) is 0 Å². The maximum atomic E-state index is 10.2. The summed E-state index contributed by atoms with van der Waals surface area (Å²) in [6.07, 6.45) is -0.170. The van der Waals surface area contributed by atoms with Gasteiger partial charge >= 0.3 is 0 Å². The molecule has 0 aromatic heterocycles. The van der Waals surface area contributed by atoms with Crippen molar-refractivity contribution in [2.24, 2.45) is 10.9 Å². The zero-order valence-electron chi connectivity index (χ0n) is 9.41. The van der Waals surface area contributed by atoms with Gasteiger partial charge in [-0.2, -0.15) is 0 Å². The molecule has 0 fully saturated rings. The van der Waals surface area contributed by atoms with E-state index in [0.29, 0.717) is 6.42 Å². The van der Waals surface area contributed by atoms with E-state index in [1.165, 1.54) is 5.56 Å². The molecule has 0 aliphatic heterocycles. The van der Waals surface area contributed by atoms with Crippen molar-refractivity contribution in [1.82, 2.24) is 0 Å². The Bertz CT molecular complexity index is 479. The van der Waals surface area contributed by atoms with Crippen LogP contribution in [0.2, 0.25) is 0 Å². The lowest BCUT2D eigenvalue weighted by Crippen LogP contribution is -2.18. The van der Waals surface area contributed by atoms with Crippen LogP contribution in [0.3, 0.4) is 0 Å². The third kappa shape index (κ3) is 2.98. The quantitative estimate of drug-likeness (QED) is 0.815. The fraction of sp³-hybridized carbons (Fsp3) is 0.143. The lowest BCUT2D eigenvalue weighted by molar-refractivity contribution is 0.700. The number of benzene rings is 2. The van der Waals surface area contributed by atoms with Gasteiger partial charge in [-0.05, 0) is 16.7 Å². The van der Waals surface area contributed by atoms with Crippen LogP contribution in [0.25, 0.3) is 11.1 Å². The van der Waals surface area contributed by atoms with E-state index in [9.17, 15) is 4.91 Å². The summed E-state index contributed by atoms with van der Waals surface area (Å²) in [7, 11) is 0. The van der Waals surface area contributed by atoms with E-state index in [0.717, 1.165) is 11.1 Å². The van der Waals surface area contributed by atoms with Crippen LogP contribution in [0.1, 0.15) is 5.56 Å². The van der Waals surface area contributed by atoms with Crippen molar-refractivity contribution in [3.05, 3.63) is 65.1 Å². The molecular formula is C14H14N2O. The summed E-state index contributed by atoms with van der Waals surface area (Å²) in [5, 5.41) is 2.79. The minimum Gasteiger partial charge on any atom is -0.307 e. The van der Waals surface area contributed by atoms with E-state index < -0.39 is 6.17 Å². The lowest BCUT2D eigenvalue weighted by Gasteiger charge is -2.05. The average molecular weight is 226 g/mol. The lowest BCUT2D eigenvalue weighted by atomic mass is 10.0. The predicted molar refractivity (Wildman–Crippen MR) is 69.4 cm³/mol. The summed E-state index contributed by atoms with van der Waals surface area (Å²) < 4.78 is 0. The molecule has 3 heteroatoms. The Morgan fingerprint density at radius 1 is 0.941 bits per heavy atom. The van der Waals surface area contributed by atoms with Crippen LogP contribution in [0.15, 0.2) is 59.8 Å². The van der Waals surface area contributed by atoms with Gasteiger partial charge in [0.05, 0.1) is 0 Å². The van der Waals surface area contributed by atoms with Crippen LogP contribution in [-0.2, 0) is 6.42 Å². The molecule has 0 aliphatic rings. The van der Waals surface area contributed by atoms with E-state index in [-0.39, 0.29) is 0 Å². The number of nitroso groups, excluding NO2 is 1. The normalized spacial score (nSPS) is 12.1. The van der Waals surface area contributed by atoms with Crippen molar-refractivity contribution < 1.29 is 0 Å². The largest absolute Gasteiger partial charge is 0.307 e. The first-order valence-electron chi connectivity index (χ1n) is 5.52. The number of nitrogens with two attached hydrogens (primary N) is 1. The molecule has 3 nitrogen and oxygen atoms in total. The highest BCUT2D eigenvalue weighted by Crippen LogP contribution is 2.19. The summed E-state index contributed by atoms with van der Waals surface area (Å²) in [5.41, 5.74) is 8.83. The van der Waals surface area contributed by atoms with Gasteiger partial charge in [0.25, 0.3) is 0 Å². The first kappa shape index (κ1) is 11.5. The van der Waals surface area contributed by atoms with Crippen molar-refractivity contribution in [1.29, 1.82) is 0 Å². The number of rotatable bonds is 4. The summed E-state index contributed by atoms with van der Waals surface area (Å²) in [6, 6.07) is 18.2. The zero-order valence-corrected chi connectivity index (χ0v) is 9.41. The van der Waals surface area contributed by atoms with Crippen LogP contribution in [0, 0.1) is 4.91 Å². The zero-order chi connectivity index (χ0) is 12.1. The fourth-order valence-electron chi connectivity index (χ4n) is 1.74. The van der Waals surface area contributed by atoms with Gasteiger partial charge in [-0.3, -0.25) is 0 Å². The standard InChI is InChI=1S/C14H14N2O/c15-14(16-17)10-11-6-8-13(9-7-11)12-4-2-1-3-5-12/h1-9,14H,10,15H2. The maximum absolute atomic E-state index is 10.2. The van der Waals surface area contributed by atoms with Crippen LogP contribution < -0.4 is 5.73 Å². The Labute approximate surface area is 100 Å². The first-order chi connectivity index (χ1) is 8.29. The van der Waals surface area contributed by atoms with Crippen molar-refractivity contribution in [3.63, 3.8) is 0 Å². The second-order valence-corrected chi connectivity index (χ2v) is 3.94. The fourth-order valence-corrected chi connectivity index (χ4v) is 1.74. The molecule has 2 aromatic rings. The molecule has 17 heavy (non-hydrogen) atoms. The molecule has 2 aromatic carbocycles. The van der Waals surface area contributed by atoms with Crippen molar-refractivity contribution in [2.45, 2.75) is 12.6 Å². The molecule has 0 radical (unpaired) electrons. The van der Waals surface area contributed by atoms with Gasteiger partial charge in [-0.15, -0.1) is 4.91 Å². The van der Waals surface area contributed by atoms with E-state index >= 15 is 0 Å². The van der Waals surface area contributed by atoms with E-state index in [1.54, 1.807) is 0 Å². The van der Waals surface area contributed by atoms with Crippen LogP contribution in [0.5, 0.6) is 0 Å². The Hall–Kier alpha value is -2.00. The van der Waals surface area contributed by atoms with Crippen LogP contribution in [-0.4, -0.2) is 6.17 Å². The number of hydrogen-bond donors (Lipinski definition) is 1. The summed E-state index contributed by atoms with van der Waals surface area (Å²) >= 11 is 0. The van der Waals surface area contributed by atoms with E-state index in [1.807, 2.05) is 42.5 Å². The number of hydrogen-bond acceptors (Lipinski definition) is 3. The third-order valence-corrected chi connectivity index (χ3v) is 2.64. The molecular weight excluding hydrogens is 212 g/mol. The average Bonchev–Trinajstić information content (AvgIpc) is 2.40. The molecule has 0 saturated heterocycles. The number of nitrogens with zero attached hydrogens (tertiary/aromatic N) is 1. The van der Waals surface area contributed by atoms with E-state index in [2.05, 4.69) is 17.3 Å². The SMILES string of the molecule is NC(Cc1ccc(-c2ccccc2)cc1)N=O. The predicted octanol–water partition coefficient (Wildman–Crippen LogP) is 2.95. The van der Waals surface area contributed by atoms with Gasteiger partial charge in [-0.25, -0.2) is 0 Å². The topological polar surface area (TPSA) is 55.4 Å². The maximum Gasteiger partial charge on any atom is 0.143 e. The van der Waals surface area contributed by atoms with Crippen molar-refractivity contribution in [3.8, 4) is 11.1 Å². The van der Waals surface area contributed by atoms with Gasteiger partial charge in [0, 0.05) is 6.42 Å². The monoisotopic (exact) mass is 226 g/mol. The molecule has 0 bridgehead atoms. The Morgan fingerprint density at radius 3 is 2.12 bits per heavy atom. The first-order valence-corrected chi connectivity index (χ1v) is 5.52. The molecule has 1 atom stereocenters. The van der Waals surface area contributed by atoms with Gasteiger partial charge in [0.2, 0.25) is 0 Å². The van der Waals surface area contributed by atoms with Crippen molar-refractivity contribution in [2.75, 3.05) is 0 Å². The minimum atomic E-state index is -0.655. The van der Waals surface area contributed by atoms with E-state index in [4.69, 9.17) is 5.73 Å². The Morgan fingerprint density at radius 2 is 1.53 bits per heavy atom. The smallest absolute Gasteiger partial charge is 0.143 e. The molecule has 0 heterocycles. The molecule has 0 amide bonds. The second-order valence-electron chi connectivity index (χ2n) is 3.94. The Kier molecular flexibility index (Phi) is 3.62. The highest BCUT2D eigenvalue weighted by molar-refractivity contribution is 5.63. The highest BCUT2D eigenvalue weighted by Gasteiger charge is 2.03. The van der Waals surface area contributed by atoms with Gasteiger partial charge < -0.3 is 5.73 Å². The summed E-state index contributed by atoms with van der Waals surface area (Å²) in [4.78, 5) is 10.2. The summed E-state index contributed by atoms with van der Waals surface area (Å²) in [5.74, 6) is 0. The molecule has 0 spiro atoms. The van der Waals surface area contributed by atoms with Crippen molar-refractivity contribution >= 4 is 0 Å². The molecule has 86 valence electrons. The summed E-state index contributed by atoms with van der Waals surface area (Å²) in [6.45, 7) is 0. The van der Waals surface area contributed by atoms with Crippen LogP contribution >= 0.6 is 0 Å². The highest BCUT2D eigenvalue weighted by atomic mass is 16.3. The molecule has 2 N–H and O–H groups in total. The van der Waals surface area contributed by atoms with Crippen LogP contribution in [0.4, 0.5) is 0 Å². The molecule has 1 unspecified atom stereocenters. The molecule has 2 rings (SSSR count). The van der Waals surface area contributed by atoms with Gasteiger partial charge in [-0.1, -0.05) is 59.8 Å². The second kappa shape index (κ2) is 5.37. The van der Waals surface area contributed by atoms with Gasteiger partial charge in [0.1, 0.15) is 6.17 Å². The minimum absolute atomic E-state index is 0.485. The third-order valence-electron chi connectivity index (χ3n) is 2.64. The Balaban J connectivity index is 2.16. The molecule has 0 saturated carbocycles. The molecule has 0 aliphatic carbocycles.